The van der Waals surface area contributed by atoms with Gasteiger partial charge in [0.2, 0.25) is 0 Å². The van der Waals surface area contributed by atoms with Crippen LogP contribution in [0, 0.1) is 12.7 Å². The molecule has 0 radical (unpaired) electrons. The number of carbonyl (C=O) groups excluding carboxylic acids is 1. The number of aryl methyl sites for hydroxylation is 1. The third-order valence-corrected chi connectivity index (χ3v) is 3.38. The fourth-order valence-electron chi connectivity index (χ4n) is 1.58. The van der Waals surface area contributed by atoms with E-state index in [0.29, 0.717) is 18.7 Å². The summed E-state index contributed by atoms with van der Waals surface area (Å²) in [5.41, 5.74) is 0.979. The first-order valence-electron chi connectivity index (χ1n) is 6.19. The van der Waals surface area contributed by atoms with Gasteiger partial charge in [-0.2, -0.15) is 0 Å². The molecular weight excluding hydrogens is 279 g/mol. The molecule has 0 spiro atoms. The van der Waals surface area contributed by atoms with Crippen molar-refractivity contribution in [3.05, 3.63) is 46.2 Å². The fourth-order valence-corrected chi connectivity index (χ4v) is 2.23. The topological polar surface area (TPSA) is 51.2 Å². The highest BCUT2D eigenvalue weighted by Crippen LogP contribution is 2.10. The van der Waals surface area contributed by atoms with Gasteiger partial charge in [-0.15, -0.1) is 11.3 Å². The second-order valence-corrected chi connectivity index (χ2v) is 5.26. The summed E-state index contributed by atoms with van der Waals surface area (Å²) in [6, 6.07) is 5.55. The number of benzene rings is 1. The van der Waals surface area contributed by atoms with Gasteiger partial charge in [-0.05, 0) is 31.2 Å². The van der Waals surface area contributed by atoms with Crippen LogP contribution in [0.3, 0.4) is 0 Å². The van der Waals surface area contributed by atoms with Gasteiger partial charge in [0.25, 0.3) is 5.91 Å². The van der Waals surface area contributed by atoms with Crippen LogP contribution >= 0.6 is 11.3 Å². The fraction of sp³-hybridized carbons (Fsp3) is 0.286. The molecule has 2 rings (SSSR count). The number of ether oxygens (including phenoxy) is 1. The van der Waals surface area contributed by atoms with Crippen molar-refractivity contribution in [1.29, 1.82) is 0 Å². The van der Waals surface area contributed by atoms with E-state index in [1.54, 1.807) is 11.3 Å². The average Bonchev–Trinajstić information content (AvgIpc) is 2.84. The Morgan fingerprint density at radius 1 is 1.40 bits per heavy atom. The molecule has 6 heteroatoms. The van der Waals surface area contributed by atoms with Gasteiger partial charge in [0.05, 0.1) is 10.7 Å². The van der Waals surface area contributed by atoms with E-state index in [0.717, 1.165) is 10.7 Å². The Morgan fingerprint density at radius 3 is 2.80 bits per heavy atom. The van der Waals surface area contributed by atoms with Gasteiger partial charge in [-0.25, -0.2) is 9.37 Å². The van der Waals surface area contributed by atoms with E-state index < -0.39 is 0 Å². The van der Waals surface area contributed by atoms with E-state index in [-0.39, 0.29) is 18.3 Å². The Bertz CT molecular complexity index is 569. The number of nitrogens with zero attached hydrogens (tertiary/aromatic N) is 1. The quantitative estimate of drug-likeness (QED) is 0.889. The maximum Gasteiger partial charge on any atom is 0.257 e. The molecule has 0 saturated carbocycles. The Hall–Kier alpha value is -1.95. The largest absolute Gasteiger partial charge is 0.484 e. The SMILES string of the molecule is Cc1nc(CCNC(=O)COc2ccc(F)cc2)cs1. The minimum atomic E-state index is -0.333. The summed E-state index contributed by atoms with van der Waals surface area (Å²) in [7, 11) is 0. The molecule has 1 aromatic carbocycles. The monoisotopic (exact) mass is 294 g/mol. The summed E-state index contributed by atoms with van der Waals surface area (Å²) in [5, 5.41) is 5.75. The summed E-state index contributed by atoms with van der Waals surface area (Å²) in [6.07, 6.45) is 0.701. The number of halogens is 1. The molecule has 106 valence electrons. The van der Waals surface area contributed by atoms with Gasteiger partial charge < -0.3 is 10.1 Å². The standard InChI is InChI=1S/C14H15FN2O2S/c1-10-17-12(9-20-10)6-7-16-14(18)8-19-13-4-2-11(15)3-5-13/h2-5,9H,6-8H2,1H3,(H,16,18). The first-order chi connectivity index (χ1) is 9.63. The van der Waals surface area contributed by atoms with Gasteiger partial charge in [0.15, 0.2) is 6.61 Å². The van der Waals surface area contributed by atoms with Crippen molar-refractivity contribution in [1.82, 2.24) is 10.3 Å². The van der Waals surface area contributed by atoms with Crippen LogP contribution in [0.4, 0.5) is 4.39 Å². The highest BCUT2D eigenvalue weighted by Gasteiger charge is 2.04. The zero-order valence-corrected chi connectivity index (χ0v) is 11.9. The van der Waals surface area contributed by atoms with Gasteiger partial charge >= 0.3 is 0 Å². The molecule has 0 saturated heterocycles. The third-order valence-electron chi connectivity index (χ3n) is 2.55. The van der Waals surface area contributed by atoms with Crippen molar-refractivity contribution in [2.24, 2.45) is 0 Å². The average molecular weight is 294 g/mol. The van der Waals surface area contributed by atoms with Gasteiger partial charge in [-0.3, -0.25) is 4.79 Å². The Balaban J connectivity index is 1.66. The molecule has 0 aliphatic heterocycles. The Labute approximate surface area is 120 Å². The van der Waals surface area contributed by atoms with E-state index >= 15 is 0 Å². The number of thiazole rings is 1. The molecule has 0 aliphatic carbocycles. The lowest BCUT2D eigenvalue weighted by Crippen LogP contribution is -2.30. The van der Waals surface area contributed by atoms with Crippen LogP contribution < -0.4 is 10.1 Å². The summed E-state index contributed by atoms with van der Waals surface area (Å²) >= 11 is 1.59. The summed E-state index contributed by atoms with van der Waals surface area (Å²) < 4.78 is 17.9. The molecule has 4 nitrogen and oxygen atoms in total. The number of hydrogen-bond donors (Lipinski definition) is 1. The lowest BCUT2D eigenvalue weighted by Gasteiger charge is -2.06. The lowest BCUT2D eigenvalue weighted by molar-refractivity contribution is -0.123. The molecule has 0 atom stereocenters. The second kappa shape index (κ2) is 7.00. The third kappa shape index (κ3) is 4.62. The minimum absolute atomic E-state index is 0.0816. The highest BCUT2D eigenvalue weighted by molar-refractivity contribution is 7.09. The molecule has 1 N–H and O–H groups in total. The van der Waals surface area contributed by atoms with Crippen LogP contribution in [0.15, 0.2) is 29.6 Å². The summed E-state index contributed by atoms with van der Waals surface area (Å²) in [5.74, 6) is -0.0710. The summed E-state index contributed by atoms with van der Waals surface area (Å²) in [4.78, 5) is 15.9. The van der Waals surface area contributed by atoms with Crippen LogP contribution in [0.25, 0.3) is 0 Å². The normalized spacial score (nSPS) is 10.3. The number of aromatic nitrogens is 1. The van der Waals surface area contributed by atoms with Crippen LogP contribution in [0.2, 0.25) is 0 Å². The molecular formula is C14H15FN2O2S. The number of carbonyl (C=O) groups is 1. The van der Waals surface area contributed by atoms with Crippen LogP contribution in [0.1, 0.15) is 10.7 Å². The molecule has 1 heterocycles. The van der Waals surface area contributed by atoms with Crippen molar-refractivity contribution in [3.63, 3.8) is 0 Å². The number of hydrogen-bond acceptors (Lipinski definition) is 4. The van der Waals surface area contributed by atoms with Crippen molar-refractivity contribution >= 4 is 17.2 Å². The lowest BCUT2D eigenvalue weighted by atomic mass is 10.3. The molecule has 1 aromatic heterocycles. The smallest absolute Gasteiger partial charge is 0.257 e. The van der Waals surface area contributed by atoms with Crippen molar-refractivity contribution < 1.29 is 13.9 Å². The van der Waals surface area contributed by atoms with Gasteiger partial charge in [-0.1, -0.05) is 0 Å². The van der Waals surface area contributed by atoms with Gasteiger partial charge in [0, 0.05) is 18.3 Å². The second-order valence-electron chi connectivity index (χ2n) is 4.20. The van der Waals surface area contributed by atoms with E-state index in [9.17, 15) is 9.18 Å². The van der Waals surface area contributed by atoms with Crippen molar-refractivity contribution in [2.75, 3.05) is 13.2 Å². The van der Waals surface area contributed by atoms with Crippen LogP contribution in [0.5, 0.6) is 5.75 Å². The molecule has 0 bridgehead atoms. The first kappa shape index (κ1) is 14.5. The predicted molar refractivity (Wildman–Crippen MR) is 75.5 cm³/mol. The zero-order chi connectivity index (χ0) is 14.4. The molecule has 0 aliphatic rings. The van der Waals surface area contributed by atoms with Crippen LogP contribution in [-0.4, -0.2) is 24.0 Å². The molecule has 20 heavy (non-hydrogen) atoms. The molecule has 2 aromatic rings. The van der Waals surface area contributed by atoms with Crippen molar-refractivity contribution in [3.8, 4) is 5.75 Å². The molecule has 0 fully saturated rings. The van der Waals surface area contributed by atoms with Crippen molar-refractivity contribution in [2.45, 2.75) is 13.3 Å². The maximum absolute atomic E-state index is 12.7. The highest BCUT2D eigenvalue weighted by atomic mass is 32.1. The molecule has 0 unspecified atom stereocenters. The summed E-state index contributed by atoms with van der Waals surface area (Å²) in [6.45, 7) is 2.39. The van der Waals surface area contributed by atoms with E-state index in [2.05, 4.69) is 10.3 Å². The predicted octanol–water partition coefficient (Wildman–Crippen LogP) is 2.33. The Morgan fingerprint density at radius 2 is 2.15 bits per heavy atom. The van der Waals surface area contributed by atoms with E-state index in [4.69, 9.17) is 4.74 Å². The molecule has 1 amide bonds. The number of rotatable bonds is 6. The minimum Gasteiger partial charge on any atom is -0.484 e. The maximum atomic E-state index is 12.7. The number of nitrogens with one attached hydrogen (secondary N) is 1. The van der Waals surface area contributed by atoms with Gasteiger partial charge in [0.1, 0.15) is 11.6 Å². The Kier molecular flexibility index (Phi) is 5.06. The van der Waals surface area contributed by atoms with Crippen LogP contribution in [-0.2, 0) is 11.2 Å². The zero-order valence-electron chi connectivity index (χ0n) is 11.1. The van der Waals surface area contributed by atoms with E-state index in [1.807, 2.05) is 12.3 Å². The number of amides is 1. The van der Waals surface area contributed by atoms with E-state index in [1.165, 1.54) is 24.3 Å². The first-order valence-corrected chi connectivity index (χ1v) is 7.07.